The first-order valence-corrected chi connectivity index (χ1v) is 6.06. The summed E-state index contributed by atoms with van der Waals surface area (Å²) in [7, 11) is 0. The molecule has 1 amide bonds. The Hall–Kier alpha value is -2.02. The van der Waals surface area contributed by atoms with Crippen LogP contribution in [-0.2, 0) is 4.79 Å². The molecule has 20 heavy (non-hydrogen) atoms. The maximum atomic E-state index is 13.1. The van der Waals surface area contributed by atoms with Crippen molar-refractivity contribution in [3.63, 3.8) is 0 Å². The average Bonchev–Trinajstić information content (AvgIpc) is 2.40. The van der Waals surface area contributed by atoms with Crippen molar-refractivity contribution in [3.8, 4) is 0 Å². The molecule has 1 rings (SSSR count). The van der Waals surface area contributed by atoms with Crippen molar-refractivity contribution in [1.82, 2.24) is 0 Å². The van der Waals surface area contributed by atoms with Crippen LogP contribution in [-0.4, -0.2) is 23.0 Å². The Morgan fingerprint density at radius 1 is 1.35 bits per heavy atom. The van der Waals surface area contributed by atoms with E-state index < -0.39 is 35.1 Å². The second-order valence-electron chi connectivity index (χ2n) is 4.52. The van der Waals surface area contributed by atoms with Gasteiger partial charge in [-0.05, 0) is 12.0 Å². The molecular formula is C13H16F2N2O3. The minimum absolute atomic E-state index is 0.131. The summed E-state index contributed by atoms with van der Waals surface area (Å²) in [6, 6.07) is 0.275. The zero-order valence-electron chi connectivity index (χ0n) is 11.1. The van der Waals surface area contributed by atoms with E-state index in [0.29, 0.717) is 18.6 Å². The summed E-state index contributed by atoms with van der Waals surface area (Å²) in [4.78, 5) is 22.8. The molecule has 1 aromatic carbocycles. The Labute approximate surface area is 114 Å². The van der Waals surface area contributed by atoms with Crippen LogP contribution in [0.15, 0.2) is 12.1 Å². The molecule has 1 aromatic rings. The molecule has 0 aromatic heterocycles. The minimum Gasteiger partial charge on any atom is -0.478 e. The summed E-state index contributed by atoms with van der Waals surface area (Å²) in [5.74, 6) is -4.80. The van der Waals surface area contributed by atoms with Crippen LogP contribution in [0.4, 0.5) is 14.5 Å². The van der Waals surface area contributed by atoms with Gasteiger partial charge < -0.3 is 16.2 Å². The van der Waals surface area contributed by atoms with Crippen LogP contribution < -0.4 is 11.1 Å². The predicted molar refractivity (Wildman–Crippen MR) is 69.4 cm³/mol. The highest BCUT2D eigenvalue weighted by Gasteiger charge is 2.22. The number of halogens is 2. The number of carboxylic acids is 1. The molecule has 4 N–H and O–H groups in total. The first kappa shape index (κ1) is 16.0. The first-order chi connectivity index (χ1) is 9.27. The van der Waals surface area contributed by atoms with Crippen LogP contribution >= 0.6 is 0 Å². The number of carboxylic acid groups (broad SMARTS) is 1. The molecule has 0 unspecified atom stereocenters. The highest BCUT2D eigenvalue weighted by atomic mass is 19.2. The van der Waals surface area contributed by atoms with Crippen LogP contribution in [0.3, 0.4) is 0 Å². The van der Waals surface area contributed by atoms with Crippen molar-refractivity contribution in [1.29, 1.82) is 0 Å². The van der Waals surface area contributed by atoms with E-state index in [4.69, 9.17) is 10.8 Å². The second-order valence-corrected chi connectivity index (χ2v) is 4.52. The fourth-order valence-corrected chi connectivity index (χ4v) is 1.56. The molecular weight excluding hydrogens is 270 g/mol. The fourth-order valence-electron chi connectivity index (χ4n) is 1.56. The number of amides is 1. The van der Waals surface area contributed by atoms with Crippen molar-refractivity contribution >= 4 is 17.6 Å². The quantitative estimate of drug-likeness (QED) is 0.771. The topological polar surface area (TPSA) is 92.4 Å². The van der Waals surface area contributed by atoms with Gasteiger partial charge in [0.05, 0.1) is 17.3 Å². The molecule has 0 aliphatic heterocycles. The monoisotopic (exact) mass is 286 g/mol. The van der Waals surface area contributed by atoms with Gasteiger partial charge in [-0.15, -0.1) is 0 Å². The summed E-state index contributed by atoms with van der Waals surface area (Å²) < 4.78 is 26.2. The largest absolute Gasteiger partial charge is 0.478 e. The second kappa shape index (κ2) is 6.42. The molecule has 0 spiro atoms. The van der Waals surface area contributed by atoms with Gasteiger partial charge in [0.2, 0.25) is 5.91 Å². The maximum absolute atomic E-state index is 13.1. The Morgan fingerprint density at radius 2 is 1.90 bits per heavy atom. The van der Waals surface area contributed by atoms with Gasteiger partial charge >= 0.3 is 5.97 Å². The van der Waals surface area contributed by atoms with E-state index >= 15 is 0 Å². The molecule has 0 heterocycles. The van der Waals surface area contributed by atoms with Crippen LogP contribution in [0, 0.1) is 17.6 Å². The number of hydrogen-bond acceptors (Lipinski definition) is 3. The first-order valence-electron chi connectivity index (χ1n) is 6.06. The van der Waals surface area contributed by atoms with Crippen molar-refractivity contribution in [2.75, 3.05) is 5.32 Å². The van der Waals surface area contributed by atoms with Gasteiger partial charge in [0.25, 0.3) is 0 Å². The zero-order valence-corrected chi connectivity index (χ0v) is 11.1. The number of nitrogens with two attached hydrogens (primary N) is 1. The molecule has 2 atom stereocenters. The van der Waals surface area contributed by atoms with Crippen molar-refractivity contribution in [3.05, 3.63) is 29.3 Å². The van der Waals surface area contributed by atoms with E-state index in [1.165, 1.54) is 0 Å². The van der Waals surface area contributed by atoms with Crippen LogP contribution in [0.5, 0.6) is 0 Å². The number of nitrogens with one attached hydrogen (secondary N) is 1. The number of benzene rings is 1. The van der Waals surface area contributed by atoms with Gasteiger partial charge in [0, 0.05) is 6.07 Å². The molecule has 0 fully saturated rings. The number of carbonyl (C=O) groups is 2. The molecule has 0 radical (unpaired) electrons. The third-order valence-electron chi connectivity index (χ3n) is 3.11. The molecule has 0 bridgehead atoms. The van der Waals surface area contributed by atoms with Gasteiger partial charge in [-0.1, -0.05) is 20.3 Å². The zero-order chi connectivity index (χ0) is 15.4. The summed E-state index contributed by atoms with van der Waals surface area (Å²) in [6.07, 6.45) is 0.651. The normalized spacial score (nSPS) is 13.7. The van der Waals surface area contributed by atoms with E-state index in [1.54, 1.807) is 6.92 Å². The van der Waals surface area contributed by atoms with E-state index in [1.807, 2.05) is 6.92 Å². The van der Waals surface area contributed by atoms with E-state index in [0.717, 1.165) is 0 Å². The highest BCUT2D eigenvalue weighted by Crippen LogP contribution is 2.21. The highest BCUT2D eigenvalue weighted by molar-refractivity contribution is 6.02. The molecule has 0 saturated heterocycles. The lowest BCUT2D eigenvalue weighted by atomic mass is 9.99. The molecule has 0 aliphatic carbocycles. The smallest absolute Gasteiger partial charge is 0.337 e. The van der Waals surface area contributed by atoms with Crippen LogP contribution in [0.1, 0.15) is 30.6 Å². The summed E-state index contributed by atoms with van der Waals surface area (Å²) in [5, 5.41) is 11.1. The van der Waals surface area contributed by atoms with E-state index in [2.05, 4.69) is 5.32 Å². The Kier molecular flexibility index (Phi) is 5.15. The van der Waals surface area contributed by atoms with E-state index in [9.17, 15) is 18.4 Å². The standard InChI is InChI=1S/C13H16F2N2O3/c1-3-6(2)11(16)12(18)17-10-5-9(15)8(14)4-7(10)13(19)20/h4-6,11H,3,16H2,1-2H3,(H,17,18)(H,19,20)/t6-,11-/m0/s1. The Morgan fingerprint density at radius 3 is 2.40 bits per heavy atom. The fraction of sp³-hybridized carbons (Fsp3) is 0.385. The van der Waals surface area contributed by atoms with E-state index in [-0.39, 0.29) is 11.6 Å². The van der Waals surface area contributed by atoms with Crippen LogP contribution in [0.2, 0.25) is 0 Å². The predicted octanol–water partition coefficient (Wildman–Crippen LogP) is 1.97. The summed E-state index contributed by atoms with van der Waals surface area (Å²) >= 11 is 0. The van der Waals surface area contributed by atoms with Gasteiger partial charge in [-0.25, -0.2) is 13.6 Å². The Bertz CT molecular complexity index is 535. The molecule has 7 heteroatoms. The molecule has 0 saturated carbocycles. The number of rotatable bonds is 5. The minimum atomic E-state index is -1.48. The lowest BCUT2D eigenvalue weighted by Gasteiger charge is -2.18. The van der Waals surface area contributed by atoms with Gasteiger partial charge in [0.1, 0.15) is 0 Å². The lowest BCUT2D eigenvalue weighted by molar-refractivity contribution is -0.118. The number of carbonyl (C=O) groups excluding carboxylic acids is 1. The van der Waals surface area contributed by atoms with Crippen LogP contribution in [0.25, 0.3) is 0 Å². The van der Waals surface area contributed by atoms with Gasteiger partial charge in [-0.2, -0.15) is 0 Å². The third kappa shape index (κ3) is 3.51. The average molecular weight is 286 g/mol. The molecule has 110 valence electrons. The number of hydrogen-bond donors (Lipinski definition) is 3. The molecule has 5 nitrogen and oxygen atoms in total. The lowest BCUT2D eigenvalue weighted by Crippen LogP contribution is -2.40. The van der Waals surface area contributed by atoms with Crippen molar-refractivity contribution in [2.24, 2.45) is 11.7 Å². The summed E-state index contributed by atoms with van der Waals surface area (Å²) in [5.41, 5.74) is 4.83. The van der Waals surface area contributed by atoms with Gasteiger partial charge in [-0.3, -0.25) is 4.79 Å². The number of anilines is 1. The molecule has 0 aliphatic rings. The third-order valence-corrected chi connectivity index (χ3v) is 3.11. The maximum Gasteiger partial charge on any atom is 0.337 e. The number of aromatic carboxylic acids is 1. The summed E-state index contributed by atoms with van der Waals surface area (Å²) in [6.45, 7) is 3.60. The Balaban J connectivity index is 3.05. The van der Waals surface area contributed by atoms with Gasteiger partial charge in [0.15, 0.2) is 11.6 Å². The SMILES string of the molecule is CC[C@H](C)[C@H](N)C(=O)Nc1cc(F)c(F)cc1C(=O)O. The van der Waals surface area contributed by atoms with Crippen molar-refractivity contribution in [2.45, 2.75) is 26.3 Å². The van der Waals surface area contributed by atoms with Crippen molar-refractivity contribution < 1.29 is 23.5 Å².